The molecule has 2 N–H and O–H groups in total. The largest absolute Gasteiger partial charge is 0.383 e. The molecule has 0 aliphatic heterocycles. The Bertz CT molecular complexity index is 644. The number of rotatable bonds is 6. The molecule has 6 nitrogen and oxygen atoms in total. The van der Waals surface area contributed by atoms with Gasteiger partial charge in [0.2, 0.25) is 10.0 Å². The number of halogens is 1. The highest BCUT2D eigenvalue weighted by Gasteiger charge is 2.35. The van der Waals surface area contributed by atoms with Crippen LogP contribution in [0.5, 0.6) is 0 Å². The number of sulfonamides is 1. The average Bonchev–Trinajstić information content (AvgIpc) is 3.22. The number of hydrogen-bond acceptors (Lipinski definition) is 4. The second kappa shape index (κ2) is 6.31. The summed E-state index contributed by atoms with van der Waals surface area (Å²) in [7, 11) is -2.48. The lowest BCUT2D eigenvalue weighted by Crippen LogP contribution is -2.37. The molecule has 0 saturated heterocycles. The third-order valence-corrected chi connectivity index (χ3v) is 4.55. The predicted molar refractivity (Wildman–Crippen MR) is 78.8 cm³/mol. The first-order chi connectivity index (χ1) is 9.86. The Morgan fingerprint density at radius 3 is 2.67 bits per heavy atom. The molecule has 0 unspecified atom stereocenters. The Balaban J connectivity index is 2.42. The van der Waals surface area contributed by atoms with Crippen LogP contribution in [-0.2, 0) is 14.8 Å². The summed E-state index contributed by atoms with van der Waals surface area (Å²) in [6.07, 6.45) is 1.79. The molecule has 1 aliphatic carbocycles. The van der Waals surface area contributed by atoms with Gasteiger partial charge in [0.05, 0.1) is 22.1 Å². The van der Waals surface area contributed by atoms with Gasteiger partial charge < -0.3 is 9.64 Å². The molecule has 1 fully saturated rings. The summed E-state index contributed by atoms with van der Waals surface area (Å²) in [6, 6.07) is 4.33. The molecule has 0 atom stereocenters. The molecule has 2 rings (SSSR count). The van der Waals surface area contributed by atoms with Gasteiger partial charge in [-0.25, -0.2) is 13.6 Å². The van der Waals surface area contributed by atoms with Gasteiger partial charge in [-0.2, -0.15) is 0 Å². The Morgan fingerprint density at radius 1 is 1.48 bits per heavy atom. The minimum absolute atomic E-state index is 0.0651. The van der Waals surface area contributed by atoms with Crippen LogP contribution in [0.1, 0.15) is 23.2 Å². The maximum Gasteiger partial charge on any atom is 0.257 e. The number of carbonyl (C=O) groups is 1. The standard InChI is InChI=1S/C13H17ClN2O4S/c1-20-8-7-16(9-5-6-9)13(17)12-10(14)3-2-4-11(12)21(15,18)19/h2-4,9H,5-8H2,1H3,(H2,15,18,19). The fraction of sp³-hybridized carbons (Fsp3) is 0.462. The summed E-state index contributed by atoms with van der Waals surface area (Å²) >= 11 is 6.03. The molecule has 0 aromatic heterocycles. The molecule has 0 heterocycles. The molecule has 116 valence electrons. The van der Waals surface area contributed by atoms with Crippen LogP contribution in [0.4, 0.5) is 0 Å². The molecule has 1 aromatic rings. The van der Waals surface area contributed by atoms with E-state index in [0.717, 1.165) is 12.8 Å². The van der Waals surface area contributed by atoms with E-state index >= 15 is 0 Å². The summed E-state index contributed by atoms with van der Waals surface area (Å²) in [5.74, 6) is -0.427. The van der Waals surface area contributed by atoms with Crippen molar-refractivity contribution in [3.05, 3.63) is 28.8 Å². The lowest BCUT2D eigenvalue weighted by Gasteiger charge is -2.23. The zero-order chi connectivity index (χ0) is 15.6. The van der Waals surface area contributed by atoms with Gasteiger partial charge >= 0.3 is 0 Å². The number of primary sulfonamides is 1. The Labute approximate surface area is 128 Å². The molecule has 21 heavy (non-hydrogen) atoms. The molecular weight excluding hydrogens is 316 g/mol. The van der Waals surface area contributed by atoms with E-state index in [-0.39, 0.29) is 21.5 Å². The number of nitrogens with zero attached hydrogens (tertiary/aromatic N) is 1. The van der Waals surface area contributed by atoms with Gasteiger partial charge in [-0.1, -0.05) is 17.7 Å². The minimum atomic E-state index is -4.02. The van der Waals surface area contributed by atoms with Crippen molar-refractivity contribution in [1.29, 1.82) is 0 Å². The van der Waals surface area contributed by atoms with E-state index in [1.807, 2.05) is 0 Å². The van der Waals surface area contributed by atoms with Crippen LogP contribution in [0.15, 0.2) is 23.1 Å². The van der Waals surface area contributed by atoms with Gasteiger partial charge in [0, 0.05) is 19.7 Å². The molecule has 1 aliphatic rings. The Kier molecular flexibility index (Phi) is 4.88. The highest BCUT2D eigenvalue weighted by molar-refractivity contribution is 7.89. The minimum Gasteiger partial charge on any atom is -0.383 e. The summed E-state index contributed by atoms with van der Waals surface area (Å²) < 4.78 is 28.3. The van der Waals surface area contributed by atoms with Crippen LogP contribution in [0.3, 0.4) is 0 Å². The zero-order valence-corrected chi connectivity index (χ0v) is 13.2. The maximum atomic E-state index is 12.7. The normalized spacial score (nSPS) is 15.0. The first kappa shape index (κ1) is 16.2. The highest BCUT2D eigenvalue weighted by atomic mass is 35.5. The van der Waals surface area contributed by atoms with E-state index in [4.69, 9.17) is 21.5 Å². The third-order valence-electron chi connectivity index (χ3n) is 3.28. The van der Waals surface area contributed by atoms with Gasteiger partial charge in [0.1, 0.15) is 0 Å². The lowest BCUT2D eigenvalue weighted by atomic mass is 10.2. The quantitative estimate of drug-likeness (QED) is 0.848. The second-order valence-corrected chi connectivity index (χ2v) is 6.82. The fourth-order valence-electron chi connectivity index (χ4n) is 2.12. The van der Waals surface area contributed by atoms with Crippen molar-refractivity contribution >= 4 is 27.5 Å². The van der Waals surface area contributed by atoms with E-state index in [0.29, 0.717) is 13.2 Å². The van der Waals surface area contributed by atoms with E-state index in [1.165, 1.54) is 18.2 Å². The van der Waals surface area contributed by atoms with Gasteiger partial charge in [-0.15, -0.1) is 0 Å². The van der Waals surface area contributed by atoms with E-state index in [9.17, 15) is 13.2 Å². The summed E-state index contributed by atoms with van der Waals surface area (Å²) in [6.45, 7) is 0.757. The lowest BCUT2D eigenvalue weighted by molar-refractivity contribution is 0.0676. The molecule has 0 radical (unpaired) electrons. The fourth-order valence-corrected chi connectivity index (χ4v) is 3.18. The van der Waals surface area contributed by atoms with Crippen molar-refractivity contribution in [2.45, 2.75) is 23.8 Å². The van der Waals surface area contributed by atoms with Crippen LogP contribution >= 0.6 is 11.6 Å². The molecule has 0 spiro atoms. The van der Waals surface area contributed by atoms with Crippen LogP contribution in [0.2, 0.25) is 5.02 Å². The molecular formula is C13H17ClN2O4S. The van der Waals surface area contributed by atoms with Crippen molar-refractivity contribution in [1.82, 2.24) is 4.90 Å². The number of benzene rings is 1. The first-order valence-electron chi connectivity index (χ1n) is 6.47. The van der Waals surface area contributed by atoms with Crippen LogP contribution in [-0.4, -0.2) is 45.5 Å². The summed E-state index contributed by atoms with van der Waals surface area (Å²) in [4.78, 5) is 14.0. The molecule has 8 heteroatoms. The van der Waals surface area contributed by atoms with E-state index < -0.39 is 15.9 Å². The monoisotopic (exact) mass is 332 g/mol. The number of methoxy groups -OCH3 is 1. The Morgan fingerprint density at radius 2 is 2.14 bits per heavy atom. The number of nitrogens with two attached hydrogens (primary N) is 1. The second-order valence-electron chi connectivity index (χ2n) is 4.88. The predicted octanol–water partition coefficient (Wildman–Crippen LogP) is 1.24. The van der Waals surface area contributed by atoms with Gasteiger partial charge in [-0.05, 0) is 25.0 Å². The van der Waals surface area contributed by atoms with Gasteiger partial charge in [0.25, 0.3) is 5.91 Å². The molecule has 1 saturated carbocycles. The Hall–Kier alpha value is -1.15. The number of amides is 1. The molecule has 1 aromatic carbocycles. The van der Waals surface area contributed by atoms with Gasteiger partial charge in [-0.3, -0.25) is 4.79 Å². The van der Waals surface area contributed by atoms with Gasteiger partial charge in [0.15, 0.2) is 0 Å². The SMILES string of the molecule is COCCN(C(=O)c1c(Cl)cccc1S(N)(=O)=O)C1CC1. The highest BCUT2D eigenvalue weighted by Crippen LogP contribution is 2.31. The van der Waals surface area contributed by atoms with E-state index in [1.54, 1.807) is 12.0 Å². The van der Waals surface area contributed by atoms with Crippen molar-refractivity contribution < 1.29 is 17.9 Å². The maximum absolute atomic E-state index is 12.7. The van der Waals surface area contributed by atoms with Crippen molar-refractivity contribution in [3.63, 3.8) is 0 Å². The first-order valence-corrected chi connectivity index (χ1v) is 8.40. The molecule has 0 bridgehead atoms. The van der Waals surface area contributed by atoms with Crippen molar-refractivity contribution in [3.8, 4) is 0 Å². The molecule has 1 amide bonds. The summed E-state index contributed by atoms with van der Waals surface area (Å²) in [5, 5.41) is 5.25. The number of ether oxygens (including phenoxy) is 1. The number of carbonyl (C=O) groups excluding carboxylic acids is 1. The number of hydrogen-bond donors (Lipinski definition) is 1. The van der Waals surface area contributed by atoms with Crippen LogP contribution < -0.4 is 5.14 Å². The van der Waals surface area contributed by atoms with Crippen LogP contribution in [0.25, 0.3) is 0 Å². The third kappa shape index (κ3) is 3.74. The zero-order valence-electron chi connectivity index (χ0n) is 11.6. The smallest absolute Gasteiger partial charge is 0.257 e. The van der Waals surface area contributed by atoms with E-state index in [2.05, 4.69) is 0 Å². The topological polar surface area (TPSA) is 89.7 Å². The van der Waals surface area contributed by atoms with Crippen molar-refractivity contribution in [2.24, 2.45) is 5.14 Å². The van der Waals surface area contributed by atoms with Crippen molar-refractivity contribution in [2.75, 3.05) is 20.3 Å². The van der Waals surface area contributed by atoms with Crippen LogP contribution in [0, 0.1) is 0 Å². The average molecular weight is 333 g/mol. The summed E-state index contributed by atoms with van der Waals surface area (Å²) in [5.41, 5.74) is -0.0651.